The molecule has 0 aliphatic carbocycles. The van der Waals surface area contributed by atoms with E-state index in [1.807, 2.05) is 24.3 Å². The first-order valence-electron chi connectivity index (χ1n) is 8.60. The maximum Gasteiger partial charge on any atom is 0.277 e. The van der Waals surface area contributed by atoms with Crippen molar-refractivity contribution in [3.8, 4) is 11.8 Å². The average Bonchev–Trinajstić information content (AvgIpc) is 3.06. The first-order valence-corrected chi connectivity index (χ1v) is 8.60. The maximum absolute atomic E-state index is 11.6. The number of hydrogen-bond donors (Lipinski definition) is 1. The molecule has 0 radical (unpaired) electrons. The van der Waals surface area contributed by atoms with Gasteiger partial charge in [0.05, 0.1) is 15.9 Å². The first-order chi connectivity index (χ1) is 12.4. The van der Waals surface area contributed by atoms with Crippen molar-refractivity contribution in [1.82, 2.24) is 5.32 Å². The lowest BCUT2D eigenvalue weighted by atomic mass is 9.52. The van der Waals surface area contributed by atoms with Crippen molar-refractivity contribution < 1.29 is 9.66 Å². The van der Waals surface area contributed by atoms with Crippen LogP contribution < -0.4 is 15.5 Å². The van der Waals surface area contributed by atoms with Crippen LogP contribution in [-0.2, 0) is 11.0 Å². The van der Waals surface area contributed by atoms with E-state index in [0.29, 0.717) is 24.5 Å². The Morgan fingerprint density at radius 1 is 1.35 bits per heavy atom. The molecule has 4 rings (SSSR count). The number of rotatable bonds is 3. The average molecular weight is 347 g/mol. The monoisotopic (exact) mass is 347 g/mol. The predicted molar refractivity (Wildman–Crippen MR) is 99.1 cm³/mol. The largest absolute Gasteiger partial charge is 0.466 e. The number of nitrogens with zero attached hydrogens (tertiary/aromatic N) is 2. The van der Waals surface area contributed by atoms with Gasteiger partial charge in [-0.25, -0.2) is 0 Å². The summed E-state index contributed by atoms with van der Waals surface area (Å²) in [6, 6.07) is 13.2. The van der Waals surface area contributed by atoms with Gasteiger partial charge in [-0.2, -0.15) is 5.26 Å². The molecule has 130 valence electrons. The standard InChI is InChI=1S/C19H18BN3O3/c1-11(2)12-7-8-13-16(9-12)26-18(10-21)17-14(20-19(13,18)22-3)5-4-6-15(17)23(24)25/h4-9,11,20,22H,1-3H3. The summed E-state index contributed by atoms with van der Waals surface area (Å²) in [6.45, 7) is 4.18. The molecule has 2 unspecified atom stereocenters. The molecule has 0 fully saturated rings. The van der Waals surface area contributed by atoms with E-state index in [0.717, 1.165) is 16.6 Å². The van der Waals surface area contributed by atoms with Gasteiger partial charge in [-0.15, -0.1) is 0 Å². The fourth-order valence-corrected chi connectivity index (χ4v) is 4.41. The summed E-state index contributed by atoms with van der Waals surface area (Å²) in [5.41, 5.74) is 0.734. The highest BCUT2D eigenvalue weighted by molar-refractivity contribution is 6.60. The number of likely N-dealkylation sites (N-methyl/N-ethyl adjacent to an activating group) is 1. The van der Waals surface area contributed by atoms with Crippen LogP contribution in [0, 0.1) is 21.4 Å². The molecule has 2 aromatic carbocycles. The van der Waals surface area contributed by atoms with Crippen LogP contribution in [0.2, 0.25) is 0 Å². The van der Waals surface area contributed by atoms with Gasteiger partial charge >= 0.3 is 0 Å². The molecule has 0 saturated heterocycles. The Kier molecular flexibility index (Phi) is 3.40. The highest BCUT2D eigenvalue weighted by atomic mass is 16.6. The molecule has 0 aromatic heterocycles. The molecule has 0 saturated carbocycles. The van der Waals surface area contributed by atoms with Gasteiger partial charge in [0.15, 0.2) is 7.28 Å². The number of hydrogen-bond acceptors (Lipinski definition) is 5. The molecule has 0 amide bonds. The van der Waals surface area contributed by atoms with Crippen LogP contribution in [0.5, 0.6) is 5.75 Å². The SMILES string of the molecule is CNC12Bc3cccc([N+](=O)[O-])c3C1(C#N)Oc1cc(C(C)C)ccc12. The van der Waals surface area contributed by atoms with Crippen LogP contribution >= 0.6 is 0 Å². The third-order valence-corrected chi connectivity index (χ3v) is 5.71. The topological polar surface area (TPSA) is 88.2 Å². The molecule has 2 aliphatic rings. The molecule has 1 N–H and O–H groups in total. The second-order valence-corrected chi connectivity index (χ2v) is 7.21. The summed E-state index contributed by atoms with van der Waals surface area (Å²) in [7, 11) is 2.24. The Balaban J connectivity index is 2.02. The van der Waals surface area contributed by atoms with Gasteiger partial charge in [-0.1, -0.05) is 43.6 Å². The smallest absolute Gasteiger partial charge is 0.277 e. The summed E-state index contributed by atoms with van der Waals surface area (Å²) in [5, 5.41) is 25.1. The van der Waals surface area contributed by atoms with Crippen LogP contribution in [-0.4, -0.2) is 19.3 Å². The summed E-state index contributed by atoms with van der Waals surface area (Å²) in [6.07, 6.45) is 0. The third kappa shape index (κ3) is 1.80. The number of fused-ring (bicyclic) bond motifs is 5. The number of nitriles is 1. The molecule has 26 heavy (non-hydrogen) atoms. The second-order valence-electron chi connectivity index (χ2n) is 7.21. The molecular weight excluding hydrogens is 329 g/mol. The Morgan fingerprint density at radius 3 is 2.73 bits per heavy atom. The van der Waals surface area contributed by atoms with Crippen molar-refractivity contribution in [2.45, 2.75) is 30.8 Å². The Bertz CT molecular complexity index is 984. The van der Waals surface area contributed by atoms with Crippen molar-refractivity contribution in [1.29, 1.82) is 5.26 Å². The highest BCUT2D eigenvalue weighted by Crippen LogP contribution is 2.56. The molecule has 2 atom stereocenters. The van der Waals surface area contributed by atoms with Crippen LogP contribution in [0.3, 0.4) is 0 Å². The highest BCUT2D eigenvalue weighted by Gasteiger charge is 2.68. The first kappa shape index (κ1) is 16.6. The van der Waals surface area contributed by atoms with E-state index < -0.39 is 16.0 Å². The van der Waals surface area contributed by atoms with E-state index in [1.165, 1.54) is 6.07 Å². The molecule has 2 aliphatic heterocycles. The van der Waals surface area contributed by atoms with E-state index in [9.17, 15) is 15.4 Å². The quantitative estimate of drug-likeness (QED) is 0.521. The van der Waals surface area contributed by atoms with Gasteiger partial charge in [-0.3, -0.25) is 10.1 Å². The third-order valence-electron chi connectivity index (χ3n) is 5.71. The molecule has 7 heteroatoms. The fraction of sp³-hybridized carbons (Fsp3) is 0.316. The molecule has 6 nitrogen and oxygen atoms in total. The van der Waals surface area contributed by atoms with Crippen LogP contribution in [0.15, 0.2) is 36.4 Å². The number of ether oxygens (including phenoxy) is 1. The molecule has 0 bridgehead atoms. The van der Waals surface area contributed by atoms with Crippen LogP contribution in [0.25, 0.3) is 0 Å². The zero-order valence-corrected chi connectivity index (χ0v) is 14.9. The van der Waals surface area contributed by atoms with Crippen molar-refractivity contribution in [3.63, 3.8) is 0 Å². The maximum atomic E-state index is 11.6. The fourth-order valence-electron chi connectivity index (χ4n) is 4.41. The van der Waals surface area contributed by atoms with Gasteiger partial charge in [0.1, 0.15) is 11.8 Å². The zero-order chi connectivity index (χ0) is 18.7. The summed E-state index contributed by atoms with van der Waals surface area (Å²) >= 11 is 0. The predicted octanol–water partition coefficient (Wildman–Crippen LogP) is 1.98. The minimum atomic E-state index is -1.46. The normalized spacial score (nSPS) is 24.9. The van der Waals surface area contributed by atoms with Crippen molar-refractivity contribution in [3.05, 3.63) is 63.2 Å². The minimum Gasteiger partial charge on any atom is -0.466 e. The Hall–Kier alpha value is -2.85. The van der Waals surface area contributed by atoms with Gasteiger partial charge in [0, 0.05) is 11.6 Å². The van der Waals surface area contributed by atoms with E-state index in [4.69, 9.17) is 4.74 Å². The van der Waals surface area contributed by atoms with E-state index >= 15 is 0 Å². The van der Waals surface area contributed by atoms with Crippen LogP contribution in [0.1, 0.15) is 36.5 Å². The zero-order valence-electron chi connectivity index (χ0n) is 14.9. The number of nitrogens with one attached hydrogen (secondary N) is 1. The molecule has 2 aromatic rings. The minimum absolute atomic E-state index is 0.0712. The Labute approximate surface area is 152 Å². The number of nitro groups is 1. The summed E-state index contributed by atoms with van der Waals surface area (Å²) in [4.78, 5) is 11.2. The van der Waals surface area contributed by atoms with Crippen molar-refractivity contribution in [2.24, 2.45) is 0 Å². The number of benzene rings is 2. The lowest BCUT2D eigenvalue weighted by molar-refractivity contribution is -0.386. The van der Waals surface area contributed by atoms with Gasteiger partial charge in [0.2, 0.25) is 5.60 Å². The van der Waals surface area contributed by atoms with E-state index in [-0.39, 0.29) is 5.69 Å². The van der Waals surface area contributed by atoms with E-state index in [1.54, 1.807) is 13.1 Å². The lowest BCUT2D eigenvalue weighted by Gasteiger charge is -2.34. The summed E-state index contributed by atoms with van der Waals surface area (Å²) < 4.78 is 6.24. The summed E-state index contributed by atoms with van der Waals surface area (Å²) in [5.74, 6) is 0.936. The lowest BCUT2D eigenvalue weighted by Crippen LogP contribution is -2.56. The number of nitro benzene ring substituents is 1. The van der Waals surface area contributed by atoms with Gasteiger partial charge in [-0.05, 0) is 24.6 Å². The van der Waals surface area contributed by atoms with Crippen molar-refractivity contribution in [2.75, 3.05) is 7.05 Å². The Morgan fingerprint density at radius 2 is 2.12 bits per heavy atom. The van der Waals surface area contributed by atoms with Gasteiger partial charge in [0.25, 0.3) is 5.69 Å². The van der Waals surface area contributed by atoms with Crippen LogP contribution in [0.4, 0.5) is 5.69 Å². The molecule has 0 spiro atoms. The van der Waals surface area contributed by atoms with Gasteiger partial charge < -0.3 is 10.1 Å². The van der Waals surface area contributed by atoms with E-state index in [2.05, 4.69) is 25.2 Å². The molecular formula is C19H18BN3O3. The van der Waals surface area contributed by atoms with Crippen molar-refractivity contribution >= 4 is 18.4 Å². The molecule has 2 heterocycles. The second kappa shape index (κ2) is 5.32.